The molecule has 0 spiro atoms. The molecule has 0 bridgehead atoms. The maximum atomic E-state index is 12.2. The number of hydrogen-bond acceptors (Lipinski definition) is 6. The highest BCUT2D eigenvalue weighted by Gasteiger charge is 2.23. The topological polar surface area (TPSA) is 62.5 Å². The van der Waals surface area contributed by atoms with Crippen LogP contribution in [-0.4, -0.2) is 62.5 Å². The standard InChI is InChI=1S/C14H24N4O2S/c1-11-15-12(16-20-11)9-17-5-7-18(8-6-17)13(19)10-21-14(2,3)4/h5-10H2,1-4H3. The molecule has 1 aliphatic rings. The first-order chi connectivity index (χ1) is 9.83. The van der Waals surface area contributed by atoms with E-state index in [1.54, 1.807) is 18.7 Å². The minimum atomic E-state index is 0.133. The molecule has 0 aliphatic carbocycles. The van der Waals surface area contributed by atoms with E-state index >= 15 is 0 Å². The van der Waals surface area contributed by atoms with Gasteiger partial charge in [-0.05, 0) is 0 Å². The lowest BCUT2D eigenvalue weighted by Gasteiger charge is -2.34. The summed E-state index contributed by atoms with van der Waals surface area (Å²) in [5.41, 5.74) is 0. The Bertz CT molecular complexity index is 476. The van der Waals surface area contributed by atoms with Crippen molar-refractivity contribution in [1.82, 2.24) is 19.9 Å². The van der Waals surface area contributed by atoms with E-state index in [0.717, 1.165) is 32.0 Å². The van der Waals surface area contributed by atoms with Crippen LogP contribution in [0, 0.1) is 6.92 Å². The number of nitrogens with zero attached hydrogens (tertiary/aromatic N) is 4. The number of aromatic nitrogens is 2. The van der Waals surface area contributed by atoms with Crippen LogP contribution in [0.15, 0.2) is 4.52 Å². The lowest BCUT2D eigenvalue weighted by Crippen LogP contribution is -2.49. The molecule has 0 unspecified atom stereocenters. The first-order valence-electron chi connectivity index (χ1n) is 7.27. The van der Waals surface area contributed by atoms with Gasteiger partial charge in [0.05, 0.1) is 12.3 Å². The van der Waals surface area contributed by atoms with Gasteiger partial charge in [0.25, 0.3) is 0 Å². The van der Waals surface area contributed by atoms with Crippen LogP contribution in [0.3, 0.4) is 0 Å². The van der Waals surface area contributed by atoms with E-state index in [2.05, 4.69) is 35.8 Å². The maximum absolute atomic E-state index is 12.2. The summed E-state index contributed by atoms with van der Waals surface area (Å²) >= 11 is 1.70. The summed E-state index contributed by atoms with van der Waals surface area (Å²) in [7, 11) is 0. The van der Waals surface area contributed by atoms with Crippen LogP contribution in [0.1, 0.15) is 32.5 Å². The van der Waals surface area contributed by atoms with Crippen molar-refractivity contribution < 1.29 is 9.32 Å². The van der Waals surface area contributed by atoms with Gasteiger partial charge in [-0.3, -0.25) is 9.69 Å². The van der Waals surface area contributed by atoms with E-state index < -0.39 is 0 Å². The summed E-state index contributed by atoms with van der Waals surface area (Å²) < 4.78 is 5.11. The van der Waals surface area contributed by atoms with Gasteiger partial charge in [0.15, 0.2) is 5.82 Å². The summed E-state index contributed by atoms with van der Waals surface area (Å²) in [6.07, 6.45) is 0. The van der Waals surface area contributed by atoms with Gasteiger partial charge in [0.1, 0.15) is 0 Å². The molecular weight excluding hydrogens is 288 g/mol. The second-order valence-electron chi connectivity index (χ2n) is 6.29. The number of amides is 1. The maximum Gasteiger partial charge on any atom is 0.232 e. The van der Waals surface area contributed by atoms with Crippen LogP contribution in [0.4, 0.5) is 0 Å². The van der Waals surface area contributed by atoms with Gasteiger partial charge in [-0.25, -0.2) is 0 Å². The molecule has 2 rings (SSSR count). The number of aryl methyl sites for hydroxylation is 1. The van der Waals surface area contributed by atoms with Crippen molar-refractivity contribution >= 4 is 17.7 Å². The van der Waals surface area contributed by atoms with Gasteiger partial charge in [0.2, 0.25) is 11.8 Å². The molecule has 21 heavy (non-hydrogen) atoms. The Hall–Kier alpha value is -1.08. The third-order valence-corrected chi connectivity index (χ3v) is 4.55. The Morgan fingerprint density at radius 3 is 2.48 bits per heavy atom. The molecule has 1 amide bonds. The normalized spacial score (nSPS) is 17.2. The Morgan fingerprint density at radius 1 is 1.29 bits per heavy atom. The number of thioether (sulfide) groups is 1. The van der Waals surface area contributed by atoms with Gasteiger partial charge >= 0.3 is 0 Å². The molecule has 1 saturated heterocycles. The fraction of sp³-hybridized carbons (Fsp3) is 0.786. The molecule has 1 aliphatic heterocycles. The molecule has 6 nitrogen and oxygen atoms in total. The molecule has 1 aromatic rings. The lowest BCUT2D eigenvalue weighted by atomic mass is 10.3. The van der Waals surface area contributed by atoms with Crippen molar-refractivity contribution in [2.75, 3.05) is 31.9 Å². The molecule has 0 aromatic carbocycles. The van der Waals surface area contributed by atoms with E-state index in [1.807, 2.05) is 4.90 Å². The minimum absolute atomic E-state index is 0.133. The highest BCUT2D eigenvalue weighted by atomic mass is 32.2. The van der Waals surface area contributed by atoms with Gasteiger partial charge in [0, 0.05) is 37.8 Å². The fourth-order valence-electron chi connectivity index (χ4n) is 2.13. The Morgan fingerprint density at radius 2 is 1.95 bits per heavy atom. The lowest BCUT2D eigenvalue weighted by molar-refractivity contribution is -0.130. The second kappa shape index (κ2) is 6.79. The molecule has 0 radical (unpaired) electrons. The average Bonchev–Trinajstić information content (AvgIpc) is 2.81. The zero-order valence-electron chi connectivity index (χ0n) is 13.3. The van der Waals surface area contributed by atoms with Crippen molar-refractivity contribution in [2.45, 2.75) is 39.0 Å². The molecule has 1 aromatic heterocycles. The summed E-state index contributed by atoms with van der Waals surface area (Å²) in [4.78, 5) is 20.6. The van der Waals surface area contributed by atoms with Crippen LogP contribution in [0.25, 0.3) is 0 Å². The third kappa shape index (κ3) is 5.32. The van der Waals surface area contributed by atoms with Gasteiger partial charge < -0.3 is 9.42 Å². The number of hydrogen-bond donors (Lipinski definition) is 0. The molecule has 7 heteroatoms. The largest absolute Gasteiger partial charge is 0.340 e. The zero-order valence-corrected chi connectivity index (χ0v) is 14.1. The molecule has 2 heterocycles. The van der Waals surface area contributed by atoms with Crippen molar-refractivity contribution in [2.24, 2.45) is 0 Å². The fourth-order valence-corrected chi connectivity index (χ4v) is 2.87. The highest BCUT2D eigenvalue weighted by Crippen LogP contribution is 2.23. The van der Waals surface area contributed by atoms with E-state index in [0.29, 0.717) is 18.2 Å². The van der Waals surface area contributed by atoms with Crippen molar-refractivity contribution in [3.8, 4) is 0 Å². The monoisotopic (exact) mass is 312 g/mol. The first-order valence-corrected chi connectivity index (χ1v) is 8.25. The average molecular weight is 312 g/mol. The smallest absolute Gasteiger partial charge is 0.232 e. The Kier molecular flexibility index (Phi) is 5.27. The van der Waals surface area contributed by atoms with E-state index in [-0.39, 0.29) is 10.7 Å². The molecule has 118 valence electrons. The summed E-state index contributed by atoms with van der Waals surface area (Å²) in [5, 5.41) is 3.91. The van der Waals surface area contributed by atoms with Gasteiger partial charge in [-0.1, -0.05) is 25.9 Å². The van der Waals surface area contributed by atoms with Crippen LogP contribution in [0.5, 0.6) is 0 Å². The number of carbonyl (C=O) groups is 1. The second-order valence-corrected chi connectivity index (χ2v) is 8.09. The predicted octanol–water partition coefficient (Wildman–Crippen LogP) is 1.55. The Balaban J connectivity index is 1.74. The van der Waals surface area contributed by atoms with Crippen LogP contribution < -0.4 is 0 Å². The predicted molar refractivity (Wildman–Crippen MR) is 83.1 cm³/mol. The quantitative estimate of drug-likeness (QED) is 0.841. The number of rotatable bonds is 4. The first kappa shape index (κ1) is 16.3. The minimum Gasteiger partial charge on any atom is -0.340 e. The van der Waals surface area contributed by atoms with Crippen LogP contribution in [0.2, 0.25) is 0 Å². The zero-order chi connectivity index (χ0) is 15.5. The number of piperazine rings is 1. The molecule has 0 atom stereocenters. The summed E-state index contributed by atoms with van der Waals surface area (Å²) in [5.74, 6) is 2.12. The van der Waals surface area contributed by atoms with Gasteiger partial charge in [-0.2, -0.15) is 4.98 Å². The third-order valence-electron chi connectivity index (χ3n) is 3.29. The molecular formula is C14H24N4O2S. The van der Waals surface area contributed by atoms with Crippen molar-refractivity contribution in [3.63, 3.8) is 0 Å². The number of carbonyl (C=O) groups excluding carboxylic acids is 1. The van der Waals surface area contributed by atoms with Crippen LogP contribution in [-0.2, 0) is 11.3 Å². The molecule has 0 saturated carbocycles. The Labute approximate surface area is 130 Å². The van der Waals surface area contributed by atoms with Crippen molar-refractivity contribution in [3.05, 3.63) is 11.7 Å². The summed E-state index contributed by atoms with van der Waals surface area (Å²) in [6, 6.07) is 0. The SMILES string of the molecule is Cc1nc(CN2CCN(C(=O)CSC(C)(C)C)CC2)no1. The van der Waals surface area contributed by atoms with E-state index in [4.69, 9.17) is 4.52 Å². The van der Waals surface area contributed by atoms with Crippen LogP contribution >= 0.6 is 11.8 Å². The molecule has 1 fully saturated rings. The molecule has 0 N–H and O–H groups in total. The van der Waals surface area contributed by atoms with Gasteiger partial charge in [-0.15, -0.1) is 11.8 Å². The highest BCUT2D eigenvalue weighted by molar-refractivity contribution is 8.01. The summed E-state index contributed by atoms with van der Waals surface area (Å²) in [6.45, 7) is 12.2. The van der Waals surface area contributed by atoms with Crippen molar-refractivity contribution in [1.29, 1.82) is 0 Å². The van der Waals surface area contributed by atoms with E-state index in [9.17, 15) is 4.79 Å². The van der Waals surface area contributed by atoms with E-state index in [1.165, 1.54) is 0 Å².